The standard InChI is InChI=1S/C16H25N3O2/c1-12(2)17-15(20)11-18(4)13(3)16(21)19(5)14-9-7-6-8-10-14/h6-10,12-13H,11H2,1-5H3,(H,17,20)/p+1/t13-/m1/s1. The van der Waals surface area contributed by atoms with Gasteiger partial charge in [-0.25, -0.2) is 0 Å². The van der Waals surface area contributed by atoms with Crippen LogP contribution in [0.15, 0.2) is 30.3 Å². The molecule has 0 saturated heterocycles. The molecule has 0 radical (unpaired) electrons. The molecule has 0 aromatic heterocycles. The van der Waals surface area contributed by atoms with E-state index in [0.717, 1.165) is 10.6 Å². The molecule has 5 nitrogen and oxygen atoms in total. The van der Waals surface area contributed by atoms with Crippen molar-refractivity contribution in [3.63, 3.8) is 0 Å². The van der Waals surface area contributed by atoms with Crippen molar-refractivity contribution < 1.29 is 14.5 Å². The van der Waals surface area contributed by atoms with Crippen LogP contribution in [0.4, 0.5) is 5.69 Å². The molecule has 1 rings (SSSR count). The molecule has 21 heavy (non-hydrogen) atoms. The van der Waals surface area contributed by atoms with E-state index >= 15 is 0 Å². The molecular formula is C16H26N3O2+. The highest BCUT2D eigenvalue weighted by molar-refractivity contribution is 5.95. The van der Waals surface area contributed by atoms with Gasteiger partial charge in [0.25, 0.3) is 11.8 Å². The van der Waals surface area contributed by atoms with Crippen molar-refractivity contribution >= 4 is 17.5 Å². The number of likely N-dealkylation sites (N-methyl/N-ethyl adjacent to an activating group) is 2. The summed E-state index contributed by atoms with van der Waals surface area (Å²) in [5, 5.41) is 2.84. The largest absolute Gasteiger partial charge is 0.349 e. The van der Waals surface area contributed by atoms with Crippen LogP contribution in [0.25, 0.3) is 0 Å². The van der Waals surface area contributed by atoms with Gasteiger partial charge in [-0.1, -0.05) is 18.2 Å². The molecule has 0 aliphatic carbocycles. The number of para-hydroxylation sites is 1. The summed E-state index contributed by atoms with van der Waals surface area (Å²) in [5.41, 5.74) is 0.855. The summed E-state index contributed by atoms with van der Waals surface area (Å²) in [6, 6.07) is 9.33. The monoisotopic (exact) mass is 292 g/mol. The Labute approximate surface area is 126 Å². The summed E-state index contributed by atoms with van der Waals surface area (Å²) in [6.07, 6.45) is 0. The summed E-state index contributed by atoms with van der Waals surface area (Å²) in [4.78, 5) is 26.7. The fraction of sp³-hybridized carbons (Fsp3) is 0.500. The number of anilines is 1. The van der Waals surface area contributed by atoms with Crippen molar-refractivity contribution in [2.45, 2.75) is 32.9 Å². The van der Waals surface area contributed by atoms with Gasteiger partial charge in [0.1, 0.15) is 0 Å². The van der Waals surface area contributed by atoms with E-state index < -0.39 is 0 Å². The fourth-order valence-electron chi connectivity index (χ4n) is 2.06. The highest BCUT2D eigenvalue weighted by atomic mass is 16.2. The highest BCUT2D eigenvalue weighted by Gasteiger charge is 2.27. The minimum atomic E-state index is -0.284. The van der Waals surface area contributed by atoms with Crippen molar-refractivity contribution in [1.82, 2.24) is 5.32 Å². The van der Waals surface area contributed by atoms with E-state index in [1.54, 1.807) is 11.9 Å². The molecule has 5 heteroatoms. The number of rotatable bonds is 6. The van der Waals surface area contributed by atoms with Crippen LogP contribution in [0, 0.1) is 0 Å². The lowest BCUT2D eigenvalue weighted by Crippen LogP contribution is -3.15. The number of quaternary nitrogens is 1. The van der Waals surface area contributed by atoms with Crippen LogP contribution in [-0.2, 0) is 9.59 Å². The zero-order valence-electron chi connectivity index (χ0n) is 13.5. The smallest absolute Gasteiger partial charge is 0.284 e. The molecule has 0 spiro atoms. The summed E-state index contributed by atoms with van der Waals surface area (Å²) < 4.78 is 0. The fourth-order valence-corrected chi connectivity index (χ4v) is 2.06. The van der Waals surface area contributed by atoms with Gasteiger partial charge in [0.05, 0.1) is 7.05 Å². The van der Waals surface area contributed by atoms with Gasteiger partial charge in [-0.05, 0) is 32.9 Å². The lowest BCUT2D eigenvalue weighted by Gasteiger charge is -2.25. The first-order valence-corrected chi connectivity index (χ1v) is 7.27. The molecule has 1 aromatic carbocycles. The second-order valence-corrected chi connectivity index (χ2v) is 5.70. The molecule has 0 aliphatic rings. The third kappa shape index (κ3) is 5.19. The van der Waals surface area contributed by atoms with Crippen LogP contribution < -0.4 is 15.1 Å². The number of nitrogens with one attached hydrogen (secondary N) is 2. The Kier molecular flexibility index (Phi) is 6.37. The van der Waals surface area contributed by atoms with Crippen LogP contribution in [0.5, 0.6) is 0 Å². The van der Waals surface area contributed by atoms with Crippen molar-refractivity contribution in [2.75, 3.05) is 25.5 Å². The first-order valence-electron chi connectivity index (χ1n) is 7.27. The Bertz CT molecular complexity index is 474. The summed E-state index contributed by atoms with van der Waals surface area (Å²) in [5.74, 6) is -0.0411. The minimum Gasteiger partial charge on any atom is -0.349 e. The van der Waals surface area contributed by atoms with Crippen LogP contribution in [0.2, 0.25) is 0 Å². The van der Waals surface area contributed by atoms with E-state index in [4.69, 9.17) is 0 Å². The second-order valence-electron chi connectivity index (χ2n) is 5.70. The third-order valence-electron chi connectivity index (χ3n) is 3.47. The Morgan fingerprint density at radius 1 is 1.19 bits per heavy atom. The third-order valence-corrected chi connectivity index (χ3v) is 3.47. The van der Waals surface area contributed by atoms with Crippen molar-refractivity contribution in [1.29, 1.82) is 0 Å². The normalized spacial score (nSPS) is 13.6. The number of nitrogens with zero attached hydrogens (tertiary/aromatic N) is 1. The lowest BCUT2D eigenvalue weighted by atomic mass is 10.2. The predicted octanol–water partition coefficient (Wildman–Crippen LogP) is 0.0772. The maximum absolute atomic E-state index is 12.5. The molecule has 0 saturated carbocycles. The molecule has 0 bridgehead atoms. The zero-order valence-corrected chi connectivity index (χ0v) is 13.5. The van der Waals surface area contributed by atoms with E-state index in [9.17, 15) is 9.59 Å². The molecule has 0 heterocycles. The number of carbonyl (C=O) groups excluding carboxylic acids is 2. The molecule has 2 N–H and O–H groups in total. The van der Waals surface area contributed by atoms with Crippen LogP contribution in [0.1, 0.15) is 20.8 Å². The number of benzene rings is 1. The SMILES string of the molecule is CC(C)NC(=O)C[NH+](C)[C@H](C)C(=O)N(C)c1ccccc1. The molecule has 1 aromatic rings. The number of carbonyl (C=O) groups is 2. The van der Waals surface area contributed by atoms with E-state index in [0.29, 0.717) is 0 Å². The van der Waals surface area contributed by atoms with Gasteiger partial charge >= 0.3 is 0 Å². The average molecular weight is 292 g/mol. The molecule has 0 aliphatic heterocycles. The van der Waals surface area contributed by atoms with Crippen LogP contribution >= 0.6 is 0 Å². The highest BCUT2D eigenvalue weighted by Crippen LogP contribution is 2.11. The topological polar surface area (TPSA) is 53.9 Å². The number of hydrogen-bond donors (Lipinski definition) is 2. The quantitative estimate of drug-likeness (QED) is 0.780. The summed E-state index contributed by atoms with van der Waals surface area (Å²) >= 11 is 0. The maximum atomic E-state index is 12.5. The molecule has 116 valence electrons. The van der Waals surface area contributed by atoms with Gasteiger partial charge in [0, 0.05) is 18.8 Å². The van der Waals surface area contributed by atoms with Crippen molar-refractivity contribution in [3.05, 3.63) is 30.3 Å². The Morgan fingerprint density at radius 3 is 2.29 bits per heavy atom. The van der Waals surface area contributed by atoms with Crippen LogP contribution in [0.3, 0.4) is 0 Å². The second kappa shape index (κ2) is 7.78. The van der Waals surface area contributed by atoms with E-state index in [-0.39, 0.29) is 30.4 Å². The van der Waals surface area contributed by atoms with Gasteiger partial charge in [0.15, 0.2) is 12.6 Å². The number of amides is 2. The Hall–Kier alpha value is -1.88. The first kappa shape index (κ1) is 17.2. The minimum absolute atomic E-state index is 0.00366. The first-order chi connectivity index (χ1) is 9.82. The summed E-state index contributed by atoms with van der Waals surface area (Å²) in [7, 11) is 3.62. The molecule has 0 fully saturated rings. The maximum Gasteiger partial charge on any atom is 0.284 e. The average Bonchev–Trinajstić information content (AvgIpc) is 2.44. The Morgan fingerprint density at radius 2 is 1.76 bits per heavy atom. The van der Waals surface area contributed by atoms with Gasteiger partial charge in [-0.15, -0.1) is 0 Å². The lowest BCUT2D eigenvalue weighted by molar-refractivity contribution is -0.885. The molecule has 2 atom stereocenters. The van der Waals surface area contributed by atoms with Gasteiger partial charge in [-0.3, -0.25) is 9.59 Å². The number of hydrogen-bond acceptors (Lipinski definition) is 2. The zero-order chi connectivity index (χ0) is 16.0. The molecule has 2 amide bonds. The van der Waals surface area contributed by atoms with E-state index in [1.165, 1.54) is 0 Å². The van der Waals surface area contributed by atoms with Gasteiger partial charge < -0.3 is 15.1 Å². The van der Waals surface area contributed by atoms with Crippen molar-refractivity contribution in [3.8, 4) is 0 Å². The van der Waals surface area contributed by atoms with E-state index in [1.807, 2.05) is 58.2 Å². The predicted molar refractivity (Wildman–Crippen MR) is 84.3 cm³/mol. The van der Waals surface area contributed by atoms with Crippen LogP contribution in [-0.4, -0.2) is 44.5 Å². The van der Waals surface area contributed by atoms with Gasteiger partial charge in [-0.2, -0.15) is 0 Å². The van der Waals surface area contributed by atoms with Gasteiger partial charge in [0.2, 0.25) is 0 Å². The molecule has 1 unspecified atom stereocenters. The van der Waals surface area contributed by atoms with Crippen molar-refractivity contribution in [2.24, 2.45) is 0 Å². The summed E-state index contributed by atoms with van der Waals surface area (Å²) in [6.45, 7) is 5.98. The Balaban J connectivity index is 2.63. The van der Waals surface area contributed by atoms with E-state index in [2.05, 4.69) is 5.32 Å². The molecular weight excluding hydrogens is 266 g/mol.